The van der Waals surface area contributed by atoms with Crippen molar-refractivity contribution in [3.8, 4) is 16.3 Å². The molecule has 148 valence electrons. The SMILES string of the molecule is COCCN1CCN(Cc2ccc3nc(-c4ccc(Cl)cc4O)sc3c2)CC1. The normalized spacial score (nSPS) is 16.1. The fourth-order valence-electron chi connectivity index (χ4n) is 3.52. The van der Waals surface area contributed by atoms with E-state index >= 15 is 0 Å². The number of hydrogen-bond donors (Lipinski definition) is 1. The number of phenols is 1. The van der Waals surface area contributed by atoms with Gasteiger partial charge in [-0.25, -0.2) is 4.98 Å². The van der Waals surface area contributed by atoms with Gasteiger partial charge in [-0.1, -0.05) is 17.7 Å². The number of phenolic OH excluding ortho intramolecular Hbond substituents is 1. The van der Waals surface area contributed by atoms with Crippen LogP contribution < -0.4 is 0 Å². The van der Waals surface area contributed by atoms with Crippen molar-refractivity contribution in [2.75, 3.05) is 46.4 Å². The van der Waals surface area contributed by atoms with Gasteiger partial charge in [-0.2, -0.15) is 0 Å². The highest BCUT2D eigenvalue weighted by Gasteiger charge is 2.17. The molecule has 2 heterocycles. The Morgan fingerprint density at radius 1 is 1.11 bits per heavy atom. The van der Waals surface area contributed by atoms with Crippen molar-refractivity contribution in [1.82, 2.24) is 14.8 Å². The highest BCUT2D eigenvalue weighted by atomic mass is 35.5. The first-order chi connectivity index (χ1) is 13.6. The molecule has 7 heteroatoms. The van der Waals surface area contributed by atoms with Crippen molar-refractivity contribution in [1.29, 1.82) is 0 Å². The van der Waals surface area contributed by atoms with Crippen LogP contribution >= 0.6 is 22.9 Å². The maximum atomic E-state index is 10.2. The third-order valence-corrected chi connectivity index (χ3v) is 6.41. The third kappa shape index (κ3) is 4.47. The largest absolute Gasteiger partial charge is 0.507 e. The van der Waals surface area contributed by atoms with Crippen molar-refractivity contribution < 1.29 is 9.84 Å². The lowest BCUT2D eigenvalue weighted by molar-refractivity contribution is 0.0938. The van der Waals surface area contributed by atoms with E-state index in [0.29, 0.717) is 5.02 Å². The number of methoxy groups -OCH3 is 1. The van der Waals surface area contributed by atoms with Gasteiger partial charge in [0, 0.05) is 51.4 Å². The summed E-state index contributed by atoms with van der Waals surface area (Å²) in [6.45, 7) is 7.10. The molecule has 0 radical (unpaired) electrons. The molecule has 1 N–H and O–H groups in total. The third-order valence-electron chi connectivity index (χ3n) is 5.13. The van der Waals surface area contributed by atoms with Crippen LogP contribution in [0.5, 0.6) is 5.75 Å². The fraction of sp³-hybridized carbons (Fsp3) is 0.381. The minimum Gasteiger partial charge on any atom is -0.507 e. The van der Waals surface area contributed by atoms with Gasteiger partial charge in [0.05, 0.1) is 22.4 Å². The molecule has 0 saturated carbocycles. The summed E-state index contributed by atoms with van der Waals surface area (Å²) in [7, 11) is 1.76. The Kier molecular flexibility index (Phi) is 6.13. The molecule has 1 fully saturated rings. The molecule has 28 heavy (non-hydrogen) atoms. The molecule has 5 nitrogen and oxygen atoms in total. The van der Waals surface area contributed by atoms with E-state index in [9.17, 15) is 5.11 Å². The minimum absolute atomic E-state index is 0.165. The van der Waals surface area contributed by atoms with Gasteiger partial charge >= 0.3 is 0 Å². The number of aromatic hydroxyl groups is 1. The number of ether oxygens (including phenoxy) is 1. The summed E-state index contributed by atoms with van der Waals surface area (Å²) < 4.78 is 6.31. The highest BCUT2D eigenvalue weighted by Crippen LogP contribution is 2.36. The molecule has 0 unspecified atom stereocenters. The second-order valence-electron chi connectivity index (χ2n) is 7.09. The molecule has 1 aliphatic rings. The summed E-state index contributed by atoms with van der Waals surface area (Å²) >= 11 is 7.54. The second-order valence-corrected chi connectivity index (χ2v) is 8.56. The molecule has 0 amide bonds. The summed E-state index contributed by atoms with van der Waals surface area (Å²) in [5, 5.41) is 11.5. The van der Waals surface area contributed by atoms with Crippen LogP contribution in [0.2, 0.25) is 5.02 Å². The summed E-state index contributed by atoms with van der Waals surface area (Å²) in [4.78, 5) is 9.64. The summed E-state index contributed by atoms with van der Waals surface area (Å²) in [5.41, 5.74) is 2.98. The first-order valence-corrected chi connectivity index (χ1v) is 10.6. The molecule has 1 saturated heterocycles. The van der Waals surface area contributed by atoms with Gasteiger partial charge in [0.2, 0.25) is 0 Å². The second kappa shape index (κ2) is 8.76. The molecule has 2 aromatic carbocycles. The summed E-state index contributed by atoms with van der Waals surface area (Å²) in [6.07, 6.45) is 0. The van der Waals surface area contributed by atoms with E-state index in [1.807, 2.05) is 6.07 Å². The van der Waals surface area contributed by atoms with E-state index in [1.165, 1.54) is 5.56 Å². The smallest absolute Gasteiger partial charge is 0.128 e. The van der Waals surface area contributed by atoms with Crippen molar-refractivity contribution in [2.45, 2.75) is 6.54 Å². The van der Waals surface area contributed by atoms with Crippen molar-refractivity contribution in [2.24, 2.45) is 0 Å². The van der Waals surface area contributed by atoms with Crippen molar-refractivity contribution in [3.05, 3.63) is 47.0 Å². The standard InChI is InChI=1S/C21H24ClN3O2S/c1-27-11-10-24-6-8-25(9-7-24)14-15-2-5-18-20(12-15)28-21(23-18)17-4-3-16(22)13-19(17)26/h2-5,12-13,26H,6-11,14H2,1H3. The van der Waals surface area contributed by atoms with Crippen molar-refractivity contribution >= 4 is 33.2 Å². The Morgan fingerprint density at radius 3 is 2.64 bits per heavy atom. The Bertz CT molecular complexity index is 954. The minimum atomic E-state index is 0.165. The number of thiazole rings is 1. The van der Waals surface area contributed by atoms with Crippen LogP contribution in [0.1, 0.15) is 5.56 Å². The van der Waals surface area contributed by atoms with Gasteiger partial charge < -0.3 is 9.84 Å². The van der Waals surface area contributed by atoms with E-state index < -0.39 is 0 Å². The van der Waals surface area contributed by atoms with E-state index in [0.717, 1.165) is 66.7 Å². The van der Waals surface area contributed by atoms with Gasteiger partial charge in [0.25, 0.3) is 0 Å². The number of nitrogens with zero attached hydrogens (tertiary/aromatic N) is 3. The highest BCUT2D eigenvalue weighted by molar-refractivity contribution is 7.21. The van der Waals surface area contributed by atoms with Crippen LogP contribution in [0.15, 0.2) is 36.4 Å². The van der Waals surface area contributed by atoms with E-state index in [-0.39, 0.29) is 5.75 Å². The number of benzene rings is 2. The first-order valence-electron chi connectivity index (χ1n) is 9.44. The average Bonchev–Trinajstić information content (AvgIpc) is 3.10. The van der Waals surface area contributed by atoms with Crippen LogP contribution in [-0.2, 0) is 11.3 Å². The Hall–Kier alpha value is -1.70. The Morgan fingerprint density at radius 2 is 1.89 bits per heavy atom. The first kappa shape index (κ1) is 19.6. The zero-order valence-electron chi connectivity index (χ0n) is 15.9. The van der Waals surface area contributed by atoms with Gasteiger partial charge in [-0.15, -0.1) is 11.3 Å². The number of fused-ring (bicyclic) bond motifs is 1. The van der Waals surface area contributed by atoms with Gasteiger partial charge in [0.15, 0.2) is 0 Å². The Labute approximate surface area is 174 Å². The molecule has 1 aliphatic heterocycles. The molecular weight excluding hydrogens is 394 g/mol. The van der Waals surface area contributed by atoms with E-state index in [1.54, 1.807) is 30.6 Å². The van der Waals surface area contributed by atoms with Gasteiger partial charge in [-0.3, -0.25) is 9.80 Å². The molecule has 4 rings (SSSR count). The fourth-order valence-corrected chi connectivity index (χ4v) is 4.75. The molecule has 0 aliphatic carbocycles. The topological polar surface area (TPSA) is 48.8 Å². The van der Waals surface area contributed by atoms with Crippen LogP contribution in [-0.4, -0.2) is 66.3 Å². The zero-order valence-corrected chi connectivity index (χ0v) is 17.5. The van der Waals surface area contributed by atoms with Crippen molar-refractivity contribution in [3.63, 3.8) is 0 Å². The number of halogens is 1. The average molecular weight is 418 g/mol. The number of rotatable bonds is 6. The Balaban J connectivity index is 1.45. The molecule has 1 aromatic heterocycles. The van der Waals surface area contributed by atoms with Crippen LogP contribution in [0, 0.1) is 0 Å². The summed E-state index contributed by atoms with van der Waals surface area (Å²) in [5.74, 6) is 0.165. The lowest BCUT2D eigenvalue weighted by Crippen LogP contribution is -2.46. The van der Waals surface area contributed by atoms with Crippen LogP contribution in [0.25, 0.3) is 20.8 Å². The zero-order chi connectivity index (χ0) is 19.5. The molecule has 0 bridgehead atoms. The maximum Gasteiger partial charge on any atom is 0.128 e. The van der Waals surface area contributed by atoms with E-state index in [4.69, 9.17) is 16.3 Å². The predicted molar refractivity (Wildman–Crippen MR) is 115 cm³/mol. The van der Waals surface area contributed by atoms with Gasteiger partial charge in [-0.05, 0) is 35.9 Å². The molecule has 0 spiro atoms. The van der Waals surface area contributed by atoms with E-state index in [2.05, 4.69) is 33.0 Å². The molecular formula is C21H24ClN3O2S. The monoisotopic (exact) mass is 417 g/mol. The quantitative estimate of drug-likeness (QED) is 0.654. The lowest BCUT2D eigenvalue weighted by Gasteiger charge is -2.34. The number of piperazine rings is 1. The van der Waals surface area contributed by atoms with Crippen LogP contribution in [0.4, 0.5) is 0 Å². The summed E-state index contributed by atoms with van der Waals surface area (Å²) in [6, 6.07) is 11.6. The number of hydrogen-bond acceptors (Lipinski definition) is 6. The lowest BCUT2D eigenvalue weighted by atomic mass is 10.2. The predicted octanol–water partition coefficient (Wildman–Crippen LogP) is 4.09. The number of aromatic nitrogens is 1. The van der Waals surface area contributed by atoms with Crippen LogP contribution in [0.3, 0.4) is 0 Å². The molecule has 0 atom stereocenters. The van der Waals surface area contributed by atoms with Gasteiger partial charge in [0.1, 0.15) is 10.8 Å². The maximum absolute atomic E-state index is 10.2. The molecule has 3 aromatic rings.